The maximum absolute atomic E-state index is 13.3. The molecule has 0 radical (unpaired) electrons. The monoisotopic (exact) mass is 667 g/mol. The molecular formula is C40H33N3O5S. The summed E-state index contributed by atoms with van der Waals surface area (Å²) in [6.07, 6.45) is -1.94. The molecule has 0 aliphatic heterocycles. The number of carbonyl (C=O) groups excluding carboxylic acids is 1. The number of benzene rings is 5. The number of carbonyl (C=O) groups is 2. The second kappa shape index (κ2) is 15.2. The predicted molar refractivity (Wildman–Crippen MR) is 191 cm³/mol. The summed E-state index contributed by atoms with van der Waals surface area (Å²) >= 11 is 1.15. The minimum atomic E-state index is -1.39. The zero-order valence-electron chi connectivity index (χ0n) is 26.5. The summed E-state index contributed by atoms with van der Waals surface area (Å²) in [5.41, 5.74) is 11.1. The fourth-order valence-electron chi connectivity index (χ4n) is 5.63. The number of aromatic nitrogens is 1. The largest absolute Gasteiger partial charge is 0.476 e. The van der Waals surface area contributed by atoms with Crippen LogP contribution in [0.3, 0.4) is 0 Å². The second-order valence-electron chi connectivity index (χ2n) is 11.2. The molecule has 1 heterocycles. The normalized spacial score (nSPS) is 12.1. The summed E-state index contributed by atoms with van der Waals surface area (Å²) in [5.74, 6) is -2.28. The number of aliphatic carboxylic acids is 1. The maximum atomic E-state index is 13.3. The number of hydrogen-bond acceptors (Lipinski definition) is 8. The van der Waals surface area contributed by atoms with E-state index in [4.69, 9.17) is 15.3 Å². The van der Waals surface area contributed by atoms with Crippen molar-refractivity contribution < 1.29 is 24.3 Å². The lowest BCUT2D eigenvalue weighted by molar-refractivity contribution is -0.160. The van der Waals surface area contributed by atoms with E-state index in [1.54, 1.807) is 0 Å². The average Bonchev–Trinajstić information content (AvgIpc) is 3.53. The van der Waals surface area contributed by atoms with Crippen LogP contribution in [0, 0.1) is 0 Å². The Hall–Kier alpha value is -6.06. The number of thiazole rings is 1. The quantitative estimate of drug-likeness (QED) is 0.0585. The molecular weight excluding hydrogens is 635 g/mol. The van der Waals surface area contributed by atoms with Crippen LogP contribution in [0.15, 0.2) is 151 Å². The van der Waals surface area contributed by atoms with Crippen LogP contribution in [0.1, 0.15) is 52.5 Å². The van der Waals surface area contributed by atoms with Gasteiger partial charge >= 0.3 is 11.9 Å². The molecule has 244 valence electrons. The van der Waals surface area contributed by atoms with E-state index in [1.165, 1.54) is 6.92 Å². The number of carboxylic acid groups (broad SMARTS) is 1. The highest BCUT2D eigenvalue weighted by Gasteiger charge is 2.29. The van der Waals surface area contributed by atoms with Crippen molar-refractivity contribution in [2.24, 2.45) is 5.16 Å². The van der Waals surface area contributed by atoms with Gasteiger partial charge in [0.15, 0.2) is 11.2 Å². The molecule has 3 N–H and O–H groups in total. The van der Waals surface area contributed by atoms with Gasteiger partial charge in [-0.3, -0.25) is 0 Å². The van der Waals surface area contributed by atoms with Gasteiger partial charge in [0.05, 0.1) is 4.88 Å². The standard InChI is InChI=1S/C40H33N3O5S/c1-26(39(46)47-36(29-20-10-4-11-21-29)30-22-12-5-13-23-30)48-43-35(38(44)45)34-37(49-40(41)42-34)32-25-15-14-24-31(32)33(27-16-6-2-7-17-27)28-18-8-3-9-19-28/h2-26,33,36H,1H3,(H2,41,42)(H,44,45)/b43-35-/t26-/m0/s1. The molecule has 0 unspecified atom stereocenters. The van der Waals surface area contributed by atoms with Gasteiger partial charge in [-0.15, -0.1) is 0 Å². The highest BCUT2D eigenvalue weighted by Crippen LogP contribution is 2.41. The van der Waals surface area contributed by atoms with Crippen LogP contribution >= 0.6 is 11.3 Å². The van der Waals surface area contributed by atoms with Crippen molar-refractivity contribution in [1.82, 2.24) is 4.98 Å². The smallest absolute Gasteiger partial charge is 0.360 e. The van der Waals surface area contributed by atoms with Crippen molar-refractivity contribution in [3.05, 3.63) is 179 Å². The van der Waals surface area contributed by atoms with Crippen molar-refractivity contribution in [2.45, 2.75) is 25.0 Å². The number of ether oxygens (including phenoxy) is 1. The number of rotatable bonds is 12. The van der Waals surface area contributed by atoms with Gasteiger partial charge in [-0.1, -0.05) is 162 Å². The van der Waals surface area contributed by atoms with Gasteiger partial charge < -0.3 is 20.4 Å². The molecule has 6 rings (SSSR count). The number of nitrogen functional groups attached to an aromatic ring is 1. The topological polar surface area (TPSA) is 124 Å². The first-order valence-corrected chi connectivity index (χ1v) is 16.5. The molecule has 49 heavy (non-hydrogen) atoms. The Morgan fingerprint density at radius 1 is 0.714 bits per heavy atom. The number of hydrogen-bond donors (Lipinski definition) is 2. The lowest BCUT2D eigenvalue weighted by atomic mass is 9.82. The average molecular weight is 668 g/mol. The molecule has 0 aliphatic carbocycles. The first kappa shape index (κ1) is 32.9. The molecule has 0 amide bonds. The second-order valence-corrected chi connectivity index (χ2v) is 12.2. The summed E-state index contributed by atoms with van der Waals surface area (Å²) in [6.45, 7) is 1.45. The van der Waals surface area contributed by atoms with Gasteiger partial charge in [0.2, 0.25) is 11.8 Å². The molecule has 0 bridgehead atoms. The first-order chi connectivity index (χ1) is 23.9. The molecule has 1 atom stereocenters. The summed E-state index contributed by atoms with van der Waals surface area (Å²) < 4.78 is 5.89. The molecule has 8 nitrogen and oxygen atoms in total. The van der Waals surface area contributed by atoms with Crippen LogP contribution < -0.4 is 5.73 Å². The van der Waals surface area contributed by atoms with Crippen molar-refractivity contribution in [3.63, 3.8) is 0 Å². The molecule has 0 aliphatic rings. The van der Waals surface area contributed by atoms with Crippen molar-refractivity contribution in [1.29, 1.82) is 0 Å². The number of carboxylic acids is 1. The van der Waals surface area contributed by atoms with E-state index in [1.807, 2.05) is 121 Å². The Kier molecular flexibility index (Phi) is 10.2. The van der Waals surface area contributed by atoms with E-state index in [-0.39, 0.29) is 16.7 Å². The van der Waals surface area contributed by atoms with Gasteiger partial charge in [-0.05, 0) is 40.3 Å². The Bertz CT molecular complexity index is 1970. The van der Waals surface area contributed by atoms with Crippen molar-refractivity contribution in [2.75, 3.05) is 5.73 Å². The van der Waals surface area contributed by atoms with E-state index in [2.05, 4.69) is 34.4 Å². The molecule has 0 spiro atoms. The van der Waals surface area contributed by atoms with Crippen LogP contribution in [0.2, 0.25) is 0 Å². The van der Waals surface area contributed by atoms with E-state index in [9.17, 15) is 14.7 Å². The molecule has 6 aromatic rings. The third-order valence-corrected chi connectivity index (χ3v) is 8.84. The SMILES string of the molecule is C[C@H](O/N=C(\C(=O)O)c1nc(N)sc1-c1ccccc1C(c1ccccc1)c1ccccc1)C(=O)OC(c1ccccc1)c1ccccc1. The molecule has 5 aromatic carbocycles. The Labute approximate surface area is 288 Å². The van der Waals surface area contributed by atoms with Crippen molar-refractivity contribution in [3.8, 4) is 10.4 Å². The highest BCUT2D eigenvalue weighted by molar-refractivity contribution is 7.19. The molecule has 1 aromatic heterocycles. The van der Waals surface area contributed by atoms with Crippen LogP contribution in [0.4, 0.5) is 5.13 Å². The van der Waals surface area contributed by atoms with E-state index in [0.29, 0.717) is 4.88 Å². The fraction of sp³-hybridized carbons (Fsp3) is 0.100. The summed E-state index contributed by atoms with van der Waals surface area (Å²) in [6, 6.07) is 46.6. The summed E-state index contributed by atoms with van der Waals surface area (Å²) in [7, 11) is 0. The highest BCUT2D eigenvalue weighted by atomic mass is 32.1. The van der Waals surface area contributed by atoms with Crippen molar-refractivity contribution >= 4 is 34.1 Å². The molecule has 0 fully saturated rings. The van der Waals surface area contributed by atoms with Gasteiger partial charge in [-0.2, -0.15) is 0 Å². The van der Waals surface area contributed by atoms with Gasteiger partial charge in [0, 0.05) is 5.92 Å². The molecule has 0 saturated carbocycles. The minimum absolute atomic E-state index is 0.0364. The number of nitrogens with zero attached hydrogens (tertiary/aromatic N) is 2. The van der Waals surface area contributed by atoms with Gasteiger partial charge in [0.1, 0.15) is 5.69 Å². The third-order valence-electron chi connectivity index (χ3n) is 7.93. The van der Waals surface area contributed by atoms with Gasteiger partial charge in [0.25, 0.3) is 0 Å². The third kappa shape index (κ3) is 7.58. The van der Waals surface area contributed by atoms with E-state index < -0.39 is 29.9 Å². The zero-order valence-corrected chi connectivity index (χ0v) is 27.4. The van der Waals surface area contributed by atoms with E-state index in [0.717, 1.165) is 44.7 Å². The maximum Gasteiger partial charge on any atom is 0.360 e. The lowest BCUT2D eigenvalue weighted by Crippen LogP contribution is -2.26. The molecule has 0 saturated heterocycles. The van der Waals surface area contributed by atoms with Gasteiger partial charge in [-0.25, -0.2) is 14.6 Å². The van der Waals surface area contributed by atoms with Crippen LogP contribution in [-0.4, -0.2) is 33.8 Å². The Balaban J connectivity index is 1.33. The van der Waals surface area contributed by atoms with Crippen LogP contribution in [0.5, 0.6) is 0 Å². The van der Waals surface area contributed by atoms with E-state index >= 15 is 0 Å². The Morgan fingerprint density at radius 3 is 1.69 bits per heavy atom. The zero-order chi connectivity index (χ0) is 34.2. The number of nitrogens with two attached hydrogens (primary N) is 1. The number of anilines is 1. The Morgan fingerprint density at radius 2 is 1.18 bits per heavy atom. The predicted octanol–water partition coefficient (Wildman–Crippen LogP) is 8.10. The lowest BCUT2D eigenvalue weighted by Gasteiger charge is -2.22. The molecule has 9 heteroatoms. The summed E-state index contributed by atoms with van der Waals surface area (Å²) in [4.78, 5) is 36.4. The first-order valence-electron chi connectivity index (χ1n) is 15.6. The summed E-state index contributed by atoms with van der Waals surface area (Å²) in [5, 5.41) is 14.5. The van der Waals surface area contributed by atoms with Crippen LogP contribution in [-0.2, 0) is 19.2 Å². The fourth-order valence-corrected chi connectivity index (χ4v) is 6.51. The minimum Gasteiger partial charge on any atom is -0.476 e. The number of esters is 1. The van der Waals surface area contributed by atoms with Crippen LogP contribution in [0.25, 0.3) is 10.4 Å². The number of oxime groups is 1.